The maximum absolute atomic E-state index is 13.0. The third-order valence-electron chi connectivity index (χ3n) is 4.00. The van der Waals surface area contributed by atoms with Crippen LogP contribution in [0.2, 0.25) is 0 Å². The van der Waals surface area contributed by atoms with E-state index in [-0.39, 0.29) is 17.6 Å². The summed E-state index contributed by atoms with van der Waals surface area (Å²) in [5, 5.41) is 7.11. The number of rotatable bonds is 2. The number of nitrogens with one attached hydrogen (secondary N) is 1. The fourth-order valence-corrected chi connectivity index (χ4v) is 2.95. The number of hydrogen-bond donors (Lipinski definition) is 1. The van der Waals surface area contributed by atoms with Gasteiger partial charge in [0.15, 0.2) is 5.69 Å². The van der Waals surface area contributed by atoms with Crippen LogP contribution in [-0.2, 0) is 12.6 Å². The van der Waals surface area contributed by atoms with Crippen LogP contribution in [0.4, 0.5) is 19.0 Å². The number of hydrogen-bond acceptors (Lipinski definition) is 4. The van der Waals surface area contributed by atoms with Crippen molar-refractivity contribution in [3.8, 4) is 0 Å². The van der Waals surface area contributed by atoms with Crippen molar-refractivity contribution in [2.45, 2.75) is 25.1 Å². The molecular formula is C15H12F3N5. The highest BCUT2D eigenvalue weighted by Gasteiger charge is 2.34. The molecule has 118 valence electrons. The molecule has 23 heavy (non-hydrogen) atoms. The average molecular weight is 319 g/mol. The number of anilines is 1. The summed E-state index contributed by atoms with van der Waals surface area (Å²) >= 11 is 0. The first-order valence-electron chi connectivity index (χ1n) is 7.15. The second kappa shape index (κ2) is 4.94. The van der Waals surface area contributed by atoms with Crippen molar-refractivity contribution in [3.05, 3.63) is 53.5 Å². The molecule has 0 saturated heterocycles. The van der Waals surface area contributed by atoms with Crippen LogP contribution in [0, 0.1) is 0 Å². The lowest BCUT2D eigenvalue weighted by atomic mass is 10.1. The van der Waals surface area contributed by atoms with Gasteiger partial charge in [0.2, 0.25) is 0 Å². The summed E-state index contributed by atoms with van der Waals surface area (Å²) in [6.45, 7) is 0. The summed E-state index contributed by atoms with van der Waals surface area (Å²) in [7, 11) is 0. The second-order valence-corrected chi connectivity index (χ2v) is 5.43. The minimum Gasteiger partial charge on any atom is -0.363 e. The number of alkyl halides is 3. The van der Waals surface area contributed by atoms with Gasteiger partial charge in [-0.15, -0.1) is 0 Å². The predicted molar refractivity (Wildman–Crippen MR) is 76.9 cm³/mol. The van der Waals surface area contributed by atoms with Gasteiger partial charge in [0.25, 0.3) is 5.78 Å². The van der Waals surface area contributed by atoms with Crippen molar-refractivity contribution >= 4 is 11.6 Å². The van der Waals surface area contributed by atoms with E-state index >= 15 is 0 Å². The number of benzene rings is 1. The Labute approximate surface area is 129 Å². The van der Waals surface area contributed by atoms with Crippen LogP contribution >= 0.6 is 0 Å². The molecule has 3 aromatic rings. The van der Waals surface area contributed by atoms with E-state index in [4.69, 9.17) is 0 Å². The second-order valence-electron chi connectivity index (χ2n) is 5.43. The van der Waals surface area contributed by atoms with Crippen LogP contribution in [0.1, 0.15) is 29.3 Å². The van der Waals surface area contributed by atoms with Gasteiger partial charge in [-0.2, -0.15) is 27.8 Å². The van der Waals surface area contributed by atoms with E-state index in [1.165, 1.54) is 16.4 Å². The number of halogens is 3. The lowest BCUT2D eigenvalue weighted by molar-refractivity contribution is -0.141. The molecule has 0 fully saturated rings. The summed E-state index contributed by atoms with van der Waals surface area (Å²) in [4.78, 5) is 7.28. The Morgan fingerprint density at radius 3 is 2.87 bits per heavy atom. The fraction of sp³-hybridized carbons (Fsp3) is 0.267. The molecule has 1 aliphatic carbocycles. The maximum atomic E-state index is 13.0. The summed E-state index contributed by atoms with van der Waals surface area (Å²) in [5.41, 5.74) is 1.34. The SMILES string of the molecule is FC(F)(F)c1cc(NC2CCc3ccccc32)n2ncnc2n1. The third kappa shape index (κ3) is 2.39. The van der Waals surface area contributed by atoms with E-state index in [1.54, 1.807) is 0 Å². The molecule has 1 unspecified atom stereocenters. The Morgan fingerprint density at radius 2 is 2.04 bits per heavy atom. The summed E-state index contributed by atoms with van der Waals surface area (Å²) in [5.74, 6) is 0.162. The summed E-state index contributed by atoms with van der Waals surface area (Å²) in [6, 6.07) is 8.84. The molecular weight excluding hydrogens is 307 g/mol. The van der Waals surface area contributed by atoms with Gasteiger partial charge < -0.3 is 5.32 Å². The first kappa shape index (κ1) is 14.0. The molecule has 0 amide bonds. The molecule has 0 saturated carbocycles. The van der Waals surface area contributed by atoms with Crippen molar-refractivity contribution in [2.24, 2.45) is 0 Å². The topological polar surface area (TPSA) is 55.1 Å². The molecule has 8 heteroatoms. The van der Waals surface area contributed by atoms with E-state index in [0.29, 0.717) is 0 Å². The molecule has 0 radical (unpaired) electrons. The van der Waals surface area contributed by atoms with Gasteiger partial charge in [0.1, 0.15) is 12.1 Å². The highest BCUT2D eigenvalue weighted by atomic mass is 19.4. The summed E-state index contributed by atoms with van der Waals surface area (Å²) in [6.07, 6.45) is -1.63. The predicted octanol–water partition coefficient (Wildman–Crippen LogP) is 3.24. The number of fused-ring (bicyclic) bond motifs is 2. The summed E-state index contributed by atoms with van der Waals surface area (Å²) < 4.78 is 40.3. The first-order chi connectivity index (χ1) is 11.0. The molecule has 1 aliphatic rings. The monoisotopic (exact) mass is 319 g/mol. The standard InChI is InChI=1S/C15H12F3N5/c16-15(17,18)12-7-13(23-14(22-12)19-8-20-23)21-11-6-5-9-3-1-2-4-10(9)11/h1-4,7-8,11,21H,5-6H2. The largest absolute Gasteiger partial charge is 0.433 e. The molecule has 2 heterocycles. The smallest absolute Gasteiger partial charge is 0.363 e. The Bertz CT molecular complexity index is 871. The van der Waals surface area contributed by atoms with Crippen LogP contribution in [0.25, 0.3) is 5.78 Å². The van der Waals surface area contributed by atoms with Gasteiger partial charge in [0, 0.05) is 6.07 Å². The Kier molecular flexibility index (Phi) is 3.00. The van der Waals surface area contributed by atoms with E-state index in [0.717, 1.165) is 24.5 Å². The van der Waals surface area contributed by atoms with Crippen LogP contribution in [0.3, 0.4) is 0 Å². The first-order valence-corrected chi connectivity index (χ1v) is 7.15. The zero-order valence-corrected chi connectivity index (χ0v) is 11.9. The van der Waals surface area contributed by atoms with Crippen molar-refractivity contribution in [1.82, 2.24) is 19.6 Å². The van der Waals surface area contributed by atoms with E-state index < -0.39 is 11.9 Å². The zero-order chi connectivity index (χ0) is 16.0. The van der Waals surface area contributed by atoms with Gasteiger partial charge in [-0.05, 0) is 24.0 Å². The maximum Gasteiger partial charge on any atom is 0.433 e. The van der Waals surface area contributed by atoms with Gasteiger partial charge in [-0.1, -0.05) is 24.3 Å². The van der Waals surface area contributed by atoms with Crippen LogP contribution < -0.4 is 5.32 Å². The Hall–Kier alpha value is -2.64. The van der Waals surface area contributed by atoms with Crippen molar-refractivity contribution in [3.63, 3.8) is 0 Å². The van der Waals surface area contributed by atoms with E-state index in [9.17, 15) is 13.2 Å². The van der Waals surface area contributed by atoms with Crippen LogP contribution in [0.15, 0.2) is 36.7 Å². The van der Waals surface area contributed by atoms with Crippen molar-refractivity contribution < 1.29 is 13.2 Å². The van der Waals surface area contributed by atoms with Gasteiger partial charge >= 0.3 is 6.18 Å². The molecule has 2 aromatic heterocycles. The molecule has 0 aliphatic heterocycles. The van der Waals surface area contributed by atoms with E-state index in [2.05, 4.69) is 20.4 Å². The number of aromatic nitrogens is 4. The number of nitrogens with zero attached hydrogens (tertiary/aromatic N) is 4. The third-order valence-corrected chi connectivity index (χ3v) is 4.00. The van der Waals surface area contributed by atoms with Crippen LogP contribution in [-0.4, -0.2) is 19.6 Å². The highest BCUT2D eigenvalue weighted by molar-refractivity contribution is 5.49. The fourth-order valence-electron chi connectivity index (χ4n) is 2.95. The average Bonchev–Trinajstić information content (AvgIpc) is 3.13. The Balaban J connectivity index is 1.76. The van der Waals surface area contributed by atoms with Gasteiger partial charge in [0.05, 0.1) is 6.04 Å². The molecule has 4 rings (SSSR count). The normalized spacial score (nSPS) is 17.4. The molecule has 0 bridgehead atoms. The number of aryl methyl sites for hydroxylation is 1. The molecule has 0 spiro atoms. The van der Waals surface area contributed by atoms with Gasteiger partial charge in [-0.25, -0.2) is 4.98 Å². The van der Waals surface area contributed by atoms with Crippen molar-refractivity contribution in [2.75, 3.05) is 5.32 Å². The Morgan fingerprint density at radius 1 is 1.22 bits per heavy atom. The minimum absolute atomic E-state index is 0.0536. The molecule has 1 atom stereocenters. The lowest BCUT2D eigenvalue weighted by Crippen LogP contribution is -2.15. The minimum atomic E-state index is -4.53. The van der Waals surface area contributed by atoms with Crippen LogP contribution in [0.5, 0.6) is 0 Å². The lowest BCUT2D eigenvalue weighted by Gasteiger charge is -2.17. The van der Waals surface area contributed by atoms with Gasteiger partial charge in [-0.3, -0.25) is 0 Å². The molecule has 1 N–H and O–H groups in total. The van der Waals surface area contributed by atoms with E-state index in [1.807, 2.05) is 24.3 Å². The molecule has 5 nitrogen and oxygen atoms in total. The van der Waals surface area contributed by atoms with Crippen molar-refractivity contribution in [1.29, 1.82) is 0 Å². The zero-order valence-electron chi connectivity index (χ0n) is 11.9. The highest BCUT2D eigenvalue weighted by Crippen LogP contribution is 2.35. The quantitative estimate of drug-likeness (QED) is 0.788. The molecule has 1 aromatic carbocycles.